The van der Waals surface area contributed by atoms with Gasteiger partial charge in [0.15, 0.2) is 0 Å². The lowest BCUT2D eigenvalue weighted by molar-refractivity contribution is -0.181. The molecule has 17 rings (SSSR count). The minimum absolute atomic E-state index is 0.189. The van der Waals surface area contributed by atoms with E-state index in [4.69, 9.17) is 0 Å². The van der Waals surface area contributed by atoms with Crippen LogP contribution in [0.1, 0.15) is 180 Å². The third kappa shape index (κ3) is 5.09. The molecule has 0 aromatic heterocycles. The Kier molecular flexibility index (Phi) is 7.50. The molecule has 17 saturated carbocycles. The van der Waals surface area contributed by atoms with Gasteiger partial charge in [-0.05, 0) is 251 Å². The molecule has 4 amide bonds. The second-order valence-electron chi connectivity index (χ2n) is 25.2. The Labute approximate surface area is 336 Å². The summed E-state index contributed by atoms with van der Waals surface area (Å²) in [6.45, 7) is 0. The normalized spacial score (nSPS) is 54.8. The molecule has 6 nitrogen and oxygen atoms in total. The molecule has 0 aromatic carbocycles. The molecule has 16 bridgehead atoms. The molecule has 0 N–H and O–H groups in total. The molecule has 2 unspecified atom stereocenters. The summed E-state index contributed by atoms with van der Waals surface area (Å²) in [7, 11) is 0. The molecule has 56 heavy (non-hydrogen) atoms. The van der Waals surface area contributed by atoms with Crippen molar-refractivity contribution in [1.82, 2.24) is 9.80 Å². The summed E-state index contributed by atoms with van der Waals surface area (Å²) in [6, 6.07) is -0.379. The van der Waals surface area contributed by atoms with Gasteiger partial charge in [-0.2, -0.15) is 0 Å². The van der Waals surface area contributed by atoms with Crippen molar-refractivity contribution in [2.45, 2.75) is 192 Å². The Hall–Kier alpha value is -1.72. The first-order chi connectivity index (χ1) is 27.0. The maximum Gasteiger partial charge on any atom is 0.235 e. The summed E-state index contributed by atoms with van der Waals surface area (Å²) in [5.74, 6) is 8.56. The second kappa shape index (κ2) is 12.0. The van der Waals surface area contributed by atoms with Crippen molar-refractivity contribution in [1.29, 1.82) is 0 Å². The van der Waals surface area contributed by atoms with Crippen LogP contribution in [0.3, 0.4) is 0 Å². The average Bonchev–Trinajstić information content (AvgIpc) is 3.13. The Morgan fingerprint density at radius 3 is 0.643 bits per heavy atom. The Morgan fingerprint density at radius 2 is 0.464 bits per heavy atom. The zero-order chi connectivity index (χ0) is 37.3. The van der Waals surface area contributed by atoms with E-state index in [1.54, 1.807) is 0 Å². The molecule has 0 heterocycles. The Balaban J connectivity index is 0.873. The lowest BCUT2D eigenvalue weighted by Gasteiger charge is -2.60. The van der Waals surface area contributed by atoms with Crippen LogP contribution >= 0.6 is 0 Å². The zero-order valence-electron chi connectivity index (χ0n) is 34.4. The van der Waals surface area contributed by atoms with Crippen molar-refractivity contribution in [3.8, 4) is 0 Å². The third-order valence-electron chi connectivity index (χ3n) is 21.2. The number of hydrogen-bond donors (Lipinski definition) is 0. The second-order valence-corrected chi connectivity index (χ2v) is 25.2. The predicted molar refractivity (Wildman–Crippen MR) is 212 cm³/mol. The molecular formula is C50H70N2O4. The lowest BCUT2D eigenvalue weighted by Crippen LogP contribution is -2.65. The highest BCUT2D eigenvalue weighted by Gasteiger charge is 2.64. The van der Waals surface area contributed by atoms with E-state index in [1.165, 1.54) is 77.0 Å². The summed E-state index contributed by atoms with van der Waals surface area (Å²) in [4.78, 5) is 67.2. The van der Waals surface area contributed by atoms with Crippen molar-refractivity contribution in [2.24, 2.45) is 92.7 Å². The van der Waals surface area contributed by atoms with Crippen molar-refractivity contribution in [3.05, 3.63) is 0 Å². The number of rotatable bonds is 6. The van der Waals surface area contributed by atoms with Gasteiger partial charge >= 0.3 is 0 Å². The van der Waals surface area contributed by atoms with Gasteiger partial charge in [-0.25, -0.2) is 0 Å². The fraction of sp³-hybridized carbons (Fsp3) is 0.920. The first-order valence-corrected chi connectivity index (χ1v) is 24.8. The van der Waals surface area contributed by atoms with Crippen LogP contribution < -0.4 is 0 Å². The average molecular weight is 763 g/mol. The summed E-state index contributed by atoms with van der Waals surface area (Å²) >= 11 is 0. The smallest absolute Gasteiger partial charge is 0.235 e. The van der Waals surface area contributed by atoms with Crippen molar-refractivity contribution in [2.75, 3.05) is 0 Å². The van der Waals surface area contributed by atoms with Crippen LogP contribution in [0, 0.1) is 92.7 Å². The van der Waals surface area contributed by atoms with Gasteiger partial charge in [0.25, 0.3) is 0 Å². The van der Waals surface area contributed by atoms with Gasteiger partial charge in [-0.15, -0.1) is 0 Å². The van der Waals surface area contributed by atoms with Gasteiger partial charge in [0.1, 0.15) is 0 Å². The van der Waals surface area contributed by atoms with Crippen LogP contribution in [0.25, 0.3) is 0 Å². The van der Waals surface area contributed by atoms with E-state index in [-0.39, 0.29) is 57.4 Å². The van der Waals surface area contributed by atoms with E-state index < -0.39 is 0 Å². The highest BCUT2D eigenvalue weighted by molar-refractivity contribution is 6.02. The first kappa shape index (κ1) is 35.1. The zero-order valence-corrected chi connectivity index (χ0v) is 34.4. The molecule has 0 radical (unpaired) electrons. The Morgan fingerprint density at radius 1 is 0.286 bits per heavy atom. The van der Waals surface area contributed by atoms with E-state index in [9.17, 15) is 0 Å². The SMILES string of the molecule is O=C(N(C(=O)C12CC3CC(CC(C3)C1)C2)C1CCCC(N(C(=O)C23CC4CC(CC(C4)C2)C3)C(=O)C23CC4CC(CC(C4)C2)C3)C1)C12CC3CC(CC(C3)C1)C2. The van der Waals surface area contributed by atoms with Gasteiger partial charge in [0.2, 0.25) is 23.6 Å². The molecule has 0 saturated heterocycles. The molecule has 17 aliphatic carbocycles. The molecule has 0 aromatic rings. The standard InChI is InChI=1S/C50H70N2O4/c53-43(47-17-29-4-30(18-47)6-31(5-29)19-47)51(44(54)48-20-32-7-33(21-48)9-34(8-32)22-48)41-2-1-3-42(16-41)52(45(55)49-23-35-10-36(24-49)12-37(11-35)25-49)46(56)50-26-38-13-39(27-50)15-40(14-38)28-50/h29-42H,1-28H2. The highest BCUT2D eigenvalue weighted by atomic mass is 16.2. The number of hydrogen-bond acceptors (Lipinski definition) is 4. The van der Waals surface area contributed by atoms with Gasteiger partial charge in [-0.3, -0.25) is 29.0 Å². The summed E-state index contributed by atoms with van der Waals surface area (Å²) in [6.07, 6.45) is 30.5. The first-order valence-electron chi connectivity index (χ1n) is 24.8. The van der Waals surface area contributed by atoms with E-state index in [0.717, 1.165) is 96.3 Å². The van der Waals surface area contributed by atoms with Crippen LogP contribution in [0.15, 0.2) is 0 Å². The van der Waals surface area contributed by atoms with E-state index in [0.29, 0.717) is 77.4 Å². The van der Waals surface area contributed by atoms with Gasteiger partial charge < -0.3 is 0 Å². The lowest BCUT2D eigenvalue weighted by atomic mass is 9.48. The number of carbonyl (C=O) groups excluding carboxylic acids is 4. The molecule has 0 aliphatic heterocycles. The van der Waals surface area contributed by atoms with Gasteiger partial charge in [0, 0.05) is 12.1 Å². The molecule has 6 heteroatoms. The molecule has 304 valence electrons. The van der Waals surface area contributed by atoms with E-state index in [2.05, 4.69) is 0 Å². The molecule has 0 spiro atoms. The molecule has 17 fully saturated rings. The molecular weight excluding hydrogens is 693 g/mol. The van der Waals surface area contributed by atoms with E-state index >= 15 is 19.2 Å². The number of imide groups is 2. The summed E-state index contributed by atoms with van der Waals surface area (Å²) in [5, 5.41) is 0. The number of nitrogens with zero attached hydrogens (tertiary/aromatic N) is 2. The topological polar surface area (TPSA) is 74.8 Å². The number of amides is 4. The summed E-state index contributed by atoms with van der Waals surface area (Å²) < 4.78 is 0. The van der Waals surface area contributed by atoms with Gasteiger partial charge in [-0.1, -0.05) is 0 Å². The largest absolute Gasteiger partial charge is 0.278 e. The van der Waals surface area contributed by atoms with Crippen molar-refractivity contribution < 1.29 is 19.2 Å². The highest BCUT2D eigenvalue weighted by Crippen LogP contribution is 2.66. The van der Waals surface area contributed by atoms with Gasteiger partial charge in [0.05, 0.1) is 21.7 Å². The van der Waals surface area contributed by atoms with Crippen LogP contribution in [-0.2, 0) is 19.2 Å². The van der Waals surface area contributed by atoms with Crippen LogP contribution in [0.2, 0.25) is 0 Å². The number of carbonyl (C=O) groups is 4. The van der Waals surface area contributed by atoms with Crippen molar-refractivity contribution in [3.63, 3.8) is 0 Å². The van der Waals surface area contributed by atoms with Crippen LogP contribution in [-0.4, -0.2) is 45.5 Å². The minimum atomic E-state index is -0.372. The molecule has 17 aliphatic rings. The van der Waals surface area contributed by atoms with Crippen LogP contribution in [0.4, 0.5) is 0 Å². The molecule has 2 atom stereocenters. The Bertz CT molecular complexity index is 1350. The fourth-order valence-electron chi connectivity index (χ4n) is 21.0. The minimum Gasteiger partial charge on any atom is -0.278 e. The quantitative estimate of drug-likeness (QED) is 0.253. The predicted octanol–water partition coefficient (Wildman–Crippen LogP) is 9.87. The summed E-state index contributed by atoms with van der Waals surface area (Å²) in [5.41, 5.74) is -1.49. The van der Waals surface area contributed by atoms with E-state index in [1.807, 2.05) is 9.80 Å². The van der Waals surface area contributed by atoms with Crippen molar-refractivity contribution >= 4 is 23.6 Å². The maximum absolute atomic E-state index is 15.8. The van der Waals surface area contributed by atoms with Crippen LogP contribution in [0.5, 0.6) is 0 Å². The third-order valence-corrected chi connectivity index (χ3v) is 21.2. The monoisotopic (exact) mass is 763 g/mol. The maximum atomic E-state index is 15.8. The fourth-order valence-corrected chi connectivity index (χ4v) is 21.0.